The van der Waals surface area contributed by atoms with E-state index < -0.39 is 17.6 Å². The number of piperazine rings is 1. The zero-order valence-electron chi connectivity index (χ0n) is 24.1. The van der Waals surface area contributed by atoms with Gasteiger partial charge in [-0.3, -0.25) is 14.7 Å². The van der Waals surface area contributed by atoms with Gasteiger partial charge in [0.25, 0.3) is 5.91 Å². The van der Waals surface area contributed by atoms with Crippen molar-refractivity contribution < 1.29 is 18.0 Å². The van der Waals surface area contributed by atoms with Gasteiger partial charge in [0.2, 0.25) is 0 Å². The maximum absolute atomic E-state index is 14.1. The number of halogens is 3. The van der Waals surface area contributed by atoms with E-state index in [4.69, 9.17) is 0 Å². The Hall–Kier alpha value is -4.88. The second-order valence-corrected chi connectivity index (χ2v) is 10.8. The van der Waals surface area contributed by atoms with E-state index >= 15 is 0 Å². The number of imidazole rings is 1. The van der Waals surface area contributed by atoms with Crippen LogP contribution in [0.15, 0.2) is 67.3 Å². The highest BCUT2D eigenvalue weighted by molar-refractivity contribution is 6.05. The lowest BCUT2D eigenvalue weighted by Crippen LogP contribution is -2.44. The number of aromatic amines is 1. The van der Waals surface area contributed by atoms with Crippen LogP contribution in [0.1, 0.15) is 27.0 Å². The summed E-state index contributed by atoms with van der Waals surface area (Å²) < 4.78 is 42.2. The monoisotopic (exact) mass is 601 g/mol. The Labute approximate surface area is 251 Å². The zero-order chi connectivity index (χ0) is 30.8. The summed E-state index contributed by atoms with van der Waals surface area (Å²) in [7, 11) is 2.00. The van der Waals surface area contributed by atoms with E-state index in [1.165, 1.54) is 18.5 Å². The van der Waals surface area contributed by atoms with Gasteiger partial charge in [0, 0.05) is 67.6 Å². The van der Waals surface area contributed by atoms with Crippen molar-refractivity contribution in [3.63, 3.8) is 0 Å². The van der Waals surface area contributed by atoms with Crippen molar-refractivity contribution in [2.24, 2.45) is 0 Å². The number of pyridine rings is 1. The van der Waals surface area contributed by atoms with Gasteiger partial charge in [0.15, 0.2) is 22.8 Å². The lowest BCUT2D eigenvalue weighted by atomic mass is 10.0. The van der Waals surface area contributed by atoms with Gasteiger partial charge in [0.05, 0.1) is 11.9 Å². The van der Waals surface area contributed by atoms with Crippen LogP contribution < -0.4 is 10.6 Å². The normalized spacial score (nSPS) is 14.6. The molecule has 1 aliphatic heterocycles. The molecule has 5 aromatic rings. The molecule has 1 saturated heterocycles. The molecular formula is C31H30F3N9O. The molecule has 13 heteroatoms. The molecule has 3 N–H and O–H groups in total. The summed E-state index contributed by atoms with van der Waals surface area (Å²) in [5.74, 6) is 0.304. The van der Waals surface area contributed by atoms with Crippen molar-refractivity contribution in [2.45, 2.75) is 19.6 Å². The number of hydrogen-bond acceptors (Lipinski definition) is 8. The maximum Gasteiger partial charge on any atom is 0.416 e. The second-order valence-electron chi connectivity index (χ2n) is 10.8. The number of anilines is 3. The molecule has 0 unspecified atom stereocenters. The van der Waals surface area contributed by atoms with Crippen LogP contribution >= 0.6 is 0 Å². The minimum Gasteiger partial charge on any atom is -0.338 e. The number of H-pyrrole nitrogens is 1. The molecule has 0 spiro atoms. The molecular weight excluding hydrogens is 571 g/mol. The van der Waals surface area contributed by atoms with Gasteiger partial charge in [-0.05, 0) is 61.5 Å². The van der Waals surface area contributed by atoms with Crippen LogP contribution in [0.25, 0.3) is 22.6 Å². The van der Waals surface area contributed by atoms with Crippen LogP contribution in [0, 0.1) is 6.92 Å². The lowest BCUT2D eigenvalue weighted by molar-refractivity contribution is -0.138. The minimum atomic E-state index is -4.56. The van der Waals surface area contributed by atoms with E-state index in [1.807, 2.05) is 24.9 Å². The topological polar surface area (TPSA) is 115 Å². The first-order valence-electron chi connectivity index (χ1n) is 14.1. The van der Waals surface area contributed by atoms with Gasteiger partial charge >= 0.3 is 6.18 Å². The Bertz CT molecular complexity index is 1800. The molecule has 1 fully saturated rings. The summed E-state index contributed by atoms with van der Waals surface area (Å²) in [6, 6.07) is 12.6. The van der Waals surface area contributed by atoms with Crippen LogP contribution in [-0.2, 0) is 12.7 Å². The van der Waals surface area contributed by atoms with Crippen molar-refractivity contribution in [1.82, 2.24) is 34.7 Å². The number of benzene rings is 2. The number of carbonyl (C=O) groups is 1. The highest BCUT2D eigenvalue weighted by Gasteiger charge is 2.34. The van der Waals surface area contributed by atoms with Crippen molar-refractivity contribution in [3.8, 4) is 11.4 Å². The fourth-order valence-corrected chi connectivity index (χ4v) is 5.08. The molecule has 226 valence electrons. The third-order valence-corrected chi connectivity index (χ3v) is 7.61. The smallest absolute Gasteiger partial charge is 0.338 e. The molecule has 4 heterocycles. The Morgan fingerprint density at radius 3 is 2.61 bits per heavy atom. The van der Waals surface area contributed by atoms with E-state index in [9.17, 15) is 18.0 Å². The molecule has 0 atom stereocenters. The number of hydrogen-bond donors (Lipinski definition) is 3. The molecule has 1 amide bonds. The van der Waals surface area contributed by atoms with Crippen molar-refractivity contribution in [2.75, 3.05) is 43.9 Å². The predicted molar refractivity (Wildman–Crippen MR) is 162 cm³/mol. The number of amides is 1. The summed E-state index contributed by atoms with van der Waals surface area (Å²) in [4.78, 5) is 38.1. The largest absolute Gasteiger partial charge is 0.416 e. The number of rotatable bonds is 7. The number of aryl methyl sites for hydroxylation is 1. The number of carbonyl (C=O) groups excluding carboxylic acids is 1. The summed E-state index contributed by atoms with van der Waals surface area (Å²) in [6.45, 7) is 5.06. The molecule has 0 radical (unpaired) electrons. The highest BCUT2D eigenvalue weighted by atomic mass is 19.4. The Kier molecular flexibility index (Phi) is 7.97. The molecule has 0 saturated carbocycles. The predicted octanol–water partition coefficient (Wildman–Crippen LogP) is 5.49. The van der Waals surface area contributed by atoms with Gasteiger partial charge in [-0.15, -0.1) is 0 Å². The Balaban J connectivity index is 1.24. The van der Waals surface area contributed by atoms with E-state index in [0.29, 0.717) is 47.1 Å². The molecule has 44 heavy (non-hydrogen) atoms. The van der Waals surface area contributed by atoms with E-state index in [1.54, 1.807) is 36.7 Å². The lowest BCUT2D eigenvalue weighted by Gasteiger charge is -2.33. The summed E-state index contributed by atoms with van der Waals surface area (Å²) in [5.41, 5.74) is 2.88. The first kappa shape index (κ1) is 29.2. The van der Waals surface area contributed by atoms with Crippen LogP contribution in [0.5, 0.6) is 0 Å². The average Bonchev–Trinajstić information content (AvgIpc) is 3.49. The summed E-state index contributed by atoms with van der Waals surface area (Å²) in [5, 5.41) is 5.90. The standard InChI is InChI=1S/C31H30F3N9O/c1-19-5-6-20(14-25(19)39-29-26-28(37-18-36-26)40-27(41-29)21-4-3-9-35-16-21)30(44)38-23-8-7-22(24(15-23)31(32,33)34)17-43-12-10-42(2)11-13-43/h3-9,14-16,18H,10-13,17H2,1-2H3,(H,38,44)(H2,36,37,39,40,41). The van der Waals surface area contributed by atoms with Crippen LogP contribution in [0.4, 0.5) is 30.4 Å². The van der Waals surface area contributed by atoms with Crippen molar-refractivity contribution in [1.29, 1.82) is 0 Å². The molecule has 6 rings (SSSR count). The number of fused-ring (bicyclic) bond motifs is 1. The summed E-state index contributed by atoms with van der Waals surface area (Å²) >= 11 is 0. The van der Waals surface area contributed by atoms with E-state index in [0.717, 1.165) is 24.7 Å². The number of nitrogens with one attached hydrogen (secondary N) is 3. The fraction of sp³-hybridized carbons (Fsp3) is 0.258. The molecule has 0 bridgehead atoms. The van der Waals surface area contributed by atoms with Gasteiger partial charge < -0.3 is 20.5 Å². The van der Waals surface area contributed by atoms with Gasteiger partial charge in [-0.25, -0.2) is 15.0 Å². The third-order valence-electron chi connectivity index (χ3n) is 7.61. The van der Waals surface area contributed by atoms with Gasteiger partial charge in [-0.1, -0.05) is 12.1 Å². The number of likely N-dealkylation sites (N-methyl/N-ethyl adjacent to an activating group) is 1. The Morgan fingerprint density at radius 2 is 1.86 bits per heavy atom. The van der Waals surface area contributed by atoms with Crippen molar-refractivity contribution in [3.05, 3.63) is 89.5 Å². The molecule has 1 aliphatic rings. The maximum atomic E-state index is 14.1. The molecule has 0 aliphatic carbocycles. The molecule has 2 aromatic carbocycles. The van der Waals surface area contributed by atoms with Crippen LogP contribution in [0.2, 0.25) is 0 Å². The highest BCUT2D eigenvalue weighted by Crippen LogP contribution is 2.35. The fourth-order valence-electron chi connectivity index (χ4n) is 5.08. The number of aromatic nitrogens is 5. The molecule has 3 aromatic heterocycles. The quantitative estimate of drug-likeness (QED) is 0.225. The van der Waals surface area contributed by atoms with Gasteiger partial charge in [0.1, 0.15) is 0 Å². The zero-order valence-corrected chi connectivity index (χ0v) is 24.1. The Morgan fingerprint density at radius 1 is 1.05 bits per heavy atom. The average molecular weight is 602 g/mol. The van der Waals surface area contributed by atoms with Crippen LogP contribution in [-0.4, -0.2) is 73.9 Å². The minimum absolute atomic E-state index is 0.0645. The first-order valence-corrected chi connectivity index (χ1v) is 14.1. The number of alkyl halides is 3. The van der Waals surface area contributed by atoms with Gasteiger partial charge in [-0.2, -0.15) is 13.2 Å². The van der Waals surface area contributed by atoms with Crippen molar-refractivity contribution >= 4 is 34.3 Å². The number of nitrogens with zero attached hydrogens (tertiary/aromatic N) is 6. The second kappa shape index (κ2) is 12.0. The van der Waals surface area contributed by atoms with E-state index in [2.05, 4.69) is 40.5 Å². The third kappa shape index (κ3) is 6.38. The first-order chi connectivity index (χ1) is 21.1. The molecule has 10 nitrogen and oxygen atoms in total. The van der Waals surface area contributed by atoms with Crippen LogP contribution in [0.3, 0.4) is 0 Å². The summed E-state index contributed by atoms with van der Waals surface area (Å²) in [6.07, 6.45) is 0.262. The van der Waals surface area contributed by atoms with E-state index in [-0.39, 0.29) is 23.4 Å². The SMILES string of the molecule is Cc1ccc(C(=O)Nc2ccc(CN3CCN(C)CC3)c(C(F)(F)F)c2)cc1Nc1nc(-c2cccnc2)nc2[nH]cnc12.